The van der Waals surface area contributed by atoms with Gasteiger partial charge in [0.05, 0.1) is 0 Å². The maximum atomic E-state index is 11.4. The second kappa shape index (κ2) is 6.99. The van der Waals surface area contributed by atoms with Gasteiger partial charge in [0, 0.05) is 30.1 Å². The minimum absolute atomic E-state index is 0.0213. The molecule has 0 aliphatic carbocycles. The zero-order valence-corrected chi connectivity index (χ0v) is 12.7. The van der Waals surface area contributed by atoms with Crippen LogP contribution in [0.25, 0.3) is 11.1 Å². The van der Waals surface area contributed by atoms with Gasteiger partial charge >= 0.3 is 0 Å². The highest BCUT2D eigenvalue weighted by molar-refractivity contribution is 5.94. The third-order valence-corrected chi connectivity index (χ3v) is 3.14. The van der Waals surface area contributed by atoms with Crippen molar-refractivity contribution >= 4 is 5.78 Å². The summed E-state index contributed by atoms with van der Waals surface area (Å²) < 4.78 is 5.66. The molecule has 0 atom stereocenters. The van der Waals surface area contributed by atoms with Crippen LogP contribution in [0.2, 0.25) is 0 Å². The highest BCUT2D eigenvalue weighted by Gasteiger charge is 2.04. The van der Waals surface area contributed by atoms with Crippen LogP contribution in [0.15, 0.2) is 42.7 Å². The number of carbonyl (C=O) groups is 1. The van der Waals surface area contributed by atoms with Crippen LogP contribution in [0.5, 0.6) is 5.75 Å². The summed E-state index contributed by atoms with van der Waals surface area (Å²) in [4.78, 5) is 17.6. The van der Waals surface area contributed by atoms with Crippen LogP contribution in [0.3, 0.4) is 0 Å². The summed E-state index contributed by atoms with van der Waals surface area (Å²) in [5.74, 6) is 0.865. The minimum Gasteiger partial charge on any atom is -0.492 e. The molecule has 0 aliphatic rings. The predicted molar refractivity (Wildman–Crippen MR) is 83.7 cm³/mol. The van der Waals surface area contributed by atoms with Crippen molar-refractivity contribution in [2.75, 3.05) is 27.2 Å². The Kier molecular flexibility index (Phi) is 5.06. The smallest absolute Gasteiger partial charge is 0.161 e. The standard InChI is InChI=1S/C17H20N2O2/c1-13(20)15-10-16(12-18-11-15)14-4-6-17(7-5-14)21-9-8-19(2)3/h4-7,10-12H,8-9H2,1-3H3. The quantitative estimate of drug-likeness (QED) is 0.765. The molecule has 0 spiro atoms. The Morgan fingerprint density at radius 2 is 1.86 bits per heavy atom. The van der Waals surface area contributed by atoms with E-state index < -0.39 is 0 Å². The third kappa shape index (κ3) is 4.39. The molecule has 2 rings (SSSR count). The Morgan fingerprint density at radius 3 is 2.48 bits per heavy atom. The highest BCUT2D eigenvalue weighted by atomic mass is 16.5. The summed E-state index contributed by atoms with van der Waals surface area (Å²) in [6.07, 6.45) is 3.35. The first-order valence-electron chi connectivity index (χ1n) is 6.90. The Morgan fingerprint density at radius 1 is 1.14 bits per heavy atom. The molecule has 0 saturated carbocycles. The molecule has 0 unspecified atom stereocenters. The van der Waals surface area contributed by atoms with Crippen LogP contribution in [0, 0.1) is 0 Å². The fourth-order valence-electron chi connectivity index (χ4n) is 1.88. The van der Waals surface area contributed by atoms with Gasteiger partial charge in [0.25, 0.3) is 0 Å². The first-order chi connectivity index (χ1) is 10.1. The van der Waals surface area contributed by atoms with Crippen molar-refractivity contribution in [3.8, 4) is 16.9 Å². The van der Waals surface area contributed by atoms with Gasteiger partial charge in [-0.05, 0) is 44.8 Å². The largest absolute Gasteiger partial charge is 0.492 e. The Balaban J connectivity index is 2.08. The number of benzene rings is 1. The number of carbonyl (C=O) groups excluding carboxylic acids is 1. The van der Waals surface area contributed by atoms with Crippen LogP contribution in [0.4, 0.5) is 0 Å². The van der Waals surface area contributed by atoms with Crippen molar-refractivity contribution in [2.24, 2.45) is 0 Å². The summed E-state index contributed by atoms with van der Waals surface area (Å²) in [7, 11) is 4.03. The van der Waals surface area contributed by atoms with Gasteiger partial charge in [-0.15, -0.1) is 0 Å². The first kappa shape index (κ1) is 15.2. The number of likely N-dealkylation sites (N-methyl/N-ethyl adjacent to an activating group) is 1. The van der Waals surface area contributed by atoms with E-state index in [9.17, 15) is 4.79 Å². The van der Waals surface area contributed by atoms with Gasteiger partial charge in [0.15, 0.2) is 5.78 Å². The van der Waals surface area contributed by atoms with E-state index in [2.05, 4.69) is 9.88 Å². The van der Waals surface area contributed by atoms with Crippen molar-refractivity contribution in [1.82, 2.24) is 9.88 Å². The zero-order chi connectivity index (χ0) is 15.2. The number of aromatic nitrogens is 1. The van der Waals surface area contributed by atoms with Gasteiger partial charge in [-0.1, -0.05) is 12.1 Å². The normalized spacial score (nSPS) is 10.7. The second-order valence-electron chi connectivity index (χ2n) is 5.19. The fraction of sp³-hybridized carbons (Fsp3) is 0.294. The van der Waals surface area contributed by atoms with Gasteiger partial charge in [-0.3, -0.25) is 9.78 Å². The lowest BCUT2D eigenvalue weighted by atomic mass is 10.0. The van der Waals surface area contributed by atoms with E-state index in [4.69, 9.17) is 4.74 Å². The average Bonchev–Trinajstić information content (AvgIpc) is 2.48. The topological polar surface area (TPSA) is 42.4 Å². The lowest BCUT2D eigenvalue weighted by Crippen LogP contribution is -2.19. The first-order valence-corrected chi connectivity index (χ1v) is 6.90. The molecule has 0 radical (unpaired) electrons. The number of nitrogens with zero attached hydrogens (tertiary/aromatic N) is 2. The SMILES string of the molecule is CC(=O)c1cncc(-c2ccc(OCCN(C)C)cc2)c1. The predicted octanol–water partition coefficient (Wildman–Crippen LogP) is 2.89. The number of rotatable bonds is 6. The van der Waals surface area contributed by atoms with Crippen molar-refractivity contribution in [1.29, 1.82) is 0 Å². The maximum Gasteiger partial charge on any atom is 0.161 e. The van der Waals surface area contributed by atoms with Gasteiger partial charge in [-0.25, -0.2) is 0 Å². The number of Topliss-reactive ketones (excluding diaryl/α,β-unsaturated/α-hetero) is 1. The molecule has 2 aromatic rings. The maximum absolute atomic E-state index is 11.4. The number of hydrogen-bond donors (Lipinski definition) is 0. The third-order valence-electron chi connectivity index (χ3n) is 3.14. The Labute approximate surface area is 125 Å². The molecule has 1 heterocycles. The van der Waals surface area contributed by atoms with Gasteiger partial charge in [-0.2, -0.15) is 0 Å². The molecule has 0 amide bonds. The summed E-state index contributed by atoms with van der Waals surface area (Å²) in [6.45, 7) is 3.09. The van der Waals surface area contributed by atoms with Crippen molar-refractivity contribution in [3.63, 3.8) is 0 Å². The fourth-order valence-corrected chi connectivity index (χ4v) is 1.88. The van der Waals surface area contributed by atoms with Gasteiger partial charge in [0.2, 0.25) is 0 Å². The molecule has 0 fully saturated rings. The van der Waals surface area contributed by atoms with Gasteiger partial charge < -0.3 is 9.64 Å². The van der Waals surface area contributed by atoms with Crippen LogP contribution < -0.4 is 4.74 Å². The second-order valence-corrected chi connectivity index (χ2v) is 5.19. The number of hydrogen-bond acceptors (Lipinski definition) is 4. The summed E-state index contributed by atoms with van der Waals surface area (Å²) in [5, 5.41) is 0. The van der Waals surface area contributed by atoms with E-state index >= 15 is 0 Å². The summed E-state index contributed by atoms with van der Waals surface area (Å²) in [6, 6.07) is 9.69. The van der Waals surface area contributed by atoms with E-state index in [1.807, 2.05) is 44.4 Å². The molecule has 1 aromatic heterocycles. The van der Waals surface area contributed by atoms with Crippen LogP contribution in [0.1, 0.15) is 17.3 Å². The lowest BCUT2D eigenvalue weighted by molar-refractivity contribution is 0.101. The minimum atomic E-state index is 0.0213. The molecule has 0 bridgehead atoms. The summed E-state index contributed by atoms with van der Waals surface area (Å²) >= 11 is 0. The number of ketones is 1. The van der Waals surface area contributed by atoms with E-state index in [0.29, 0.717) is 12.2 Å². The van der Waals surface area contributed by atoms with E-state index in [1.54, 1.807) is 19.3 Å². The van der Waals surface area contributed by atoms with E-state index in [1.165, 1.54) is 0 Å². The van der Waals surface area contributed by atoms with E-state index in [-0.39, 0.29) is 5.78 Å². The van der Waals surface area contributed by atoms with Crippen molar-refractivity contribution in [2.45, 2.75) is 6.92 Å². The van der Waals surface area contributed by atoms with Crippen LogP contribution in [-0.4, -0.2) is 42.9 Å². The zero-order valence-electron chi connectivity index (χ0n) is 12.7. The van der Waals surface area contributed by atoms with Crippen LogP contribution in [-0.2, 0) is 0 Å². The Hall–Kier alpha value is -2.20. The van der Waals surface area contributed by atoms with Crippen molar-refractivity contribution in [3.05, 3.63) is 48.3 Å². The molecular weight excluding hydrogens is 264 g/mol. The van der Waals surface area contributed by atoms with Crippen LogP contribution >= 0.6 is 0 Å². The number of ether oxygens (including phenoxy) is 1. The van der Waals surface area contributed by atoms with E-state index in [0.717, 1.165) is 23.4 Å². The molecular formula is C17H20N2O2. The molecule has 110 valence electrons. The highest BCUT2D eigenvalue weighted by Crippen LogP contribution is 2.22. The number of pyridine rings is 1. The molecule has 4 nitrogen and oxygen atoms in total. The monoisotopic (exact) mass is 284 g/mol. The lowest BCUT2D eigenvalue weighted by Gasteiger charge is -2.11. The average molecular weight is 284 g/mol. The molecule has 21 heavy (non-hydrogen) atoms. The molecule has 1 aromatic carbocycles. The summed E-state index contributed by atoms with van der Waals surface area (Å²) in [5.41, 5.74) is 2.58. The van der Waals surface area contributed by atoms with Gasteiger partial charge in [0.1, 0.15) is 12.4 Å². The van der Waals surface area contributed by atoms with Crippen molar-refractivity contribution < 1.29 is 9.53 Å². The molecule has 0 saturated heterocycles. The Bertz CT molecular complexity index is 606. The molecule has 0 aliphatic heterocycles. The molecule has 4 heteroatoms. The molecule has 0 N–H and O–H groups in total.